The van der Waals surface area contributed by atoms with Crippen molar-refractivity contribution in [2.75, 3.05) is 0 Å². The lowest BCUT2D eigenvalue weighted by atomic mass is 10.2. The van der Waals surface area contributed by atoms with E-state index < -0.39 is 0 Å². The van der Waals surface area contributed by atoms with E-state index in [1.165, 1.54) is 5.39 Å². The van der Waals surface area contributed by atoms with Crippen LogP contribution in [0.15, 0.2) is 60.0 Å². The number of fused-ring (bicyclic) bond motifs is 1. The highest BCUT2D eigenvalue weighted by Crippen LogP contribution is 2.16. The summed E-state index contributed by atoms with van der Waals surface area (Å²) >= 11 is 0. The van der Waals surface area contributed by atoms with Gasteiger partial charge in [0.1, 0.15) is 0 Å². The van der Waals surface area contributed by atoms with E-state index in [0.29, 0.717) is 6.42 Å². The monoisotopic (exact) mass is 320 g/mol. The molecule has 3 aromatic rings. The van der Waals surface area contributed by atoms with Gasteiger partial charge in [0.15, 0.2) is 0 Å². The molecular weight excluding hydrogens is 300 g/mol. The van der Waals surface area contributed by atoms with Gasteiger partial charge in [-0.1, -0.05) is 18.2 Å². The molecule has 0 atom stereocenters. The van der Waals surface area contributed by atoms with Gasteiger partial charge < -0.3 is 4.98 Å². The largest absolute Gasteiger partial charge is 0.358 e. The average Bonchev–Trinajstić information content (AvgIpc) is 3.03. The van der Waals surface area contributed by atoms with Gasteiger partial charge in [-0.05, 0) is 49.4 Å². The SMILES string of the molecule is C/C(=N\NC(=O)CCCc1cc2ccccc2[nH]1)c1ccncc1. The van der Waals surface area contributed by atoms with E-state index in [9.17, 15) is 4.79 Å². The van der Waals surface area contributed by atoms with Gasteiger partial charge in [0, 0.05) is 35.6 Å². The summed E-state index contributed by atoms with van der Waals surface area (Å²) in [7, 11) is 0. The first-order valence-corrected chi connectivity index (χ1v) is 8.02. The van der Waals surface area contributed by atoms with Gasteiger partial charge in [-0.25, -0.2) is 5.43 Å². The molecule has 0 radical (unpaired) electrons. The minimum atomic E-state index is -0.0699. The molecule has 1 amide bonds. The first-order chi connectivity index (χ1) is 11.7. The highest BCUT2D eigenvalue weighted by molar-refractivity contribution is 5.99. The molecular formula is C19H20N4O. The van der Waals surface area contributed by atoms with Gasteiger partial charge >= 0.3 is 0 Å². The molecule has 0 aliphatic rings. The van der Waals surface area contributed by atoms with Crippen molar-refractivity contribution in [3.63, 3.8) is 0 Å². The molecule has 0 fully saturated rings. The van der Waals surface area contributed by atoms with Crippen molar-refractivity contribution in [2.24, 2.45) is 5.10 Å². The zero-order valence-electron chi connectivity index (χ0n) is 13.6. The van der Waals surface area contributed by atoms with Crippen molar-refractivity contribution >= 4 is 22.5 Å². The molecule has 0 aliphatic heterocycles. The van der Waals surface area contributed by atoms with E-state index in [-0.39, 0.29) is 5.91 Å². The van der Waals surface area contributed by atoms with Crippen molar-refractivity contribution in [1.29, 1.82) is 0 Å². The van der Waals surface area contributed by atoms with Crippen LogP contribution in [-0.4, -0.2) is 21.6 Å². The van der Waals surface area contributed by atoms with E-state index in [1.807, 2.05) is 31.2 Å². The molecule has 0 spiro atoms. The maximum atomic E-state index is 11.9. The highest BCUT2D eigenvalue weighted by atomic mass is 16.2. The van der Waals surface area contributed by atoms with Gasteiger partial charge in [0.2, 0.25) is 5.91 Å². The van der Waals surface area contributed by atoms with Crippen LogP contribution in [0.4, 0.5) is 0 Å². The van der Waals surface area contributed by atoms with Crippen LogP contribution in [0, 0.1) is 0 Å². The summed E-state index contributed by atoms with van der Waals surface area (Å²) in [6, 6.07) is 14.0. The lowest BCUT2D eigenvalue weighted by Crippen LogP contribution is -2.19. The van der Waals surface area contributed by atoms with Crippen molar-refractivity contribution in [1.82, 2.24) is 15.4 Å². The third-order valence-electron chi connectivity index (χ3n) is 3.88. The molecule has 5 nitrogen and oxygen atoms in total. The summed E-state index contributed by atoms with van der Waals surface area (Å²) in [5, 5.41) is 5.34. The molecule has 0 saturated heterocycles. The number of hydrogen-bond acceptors (Lipinski definition) is 3. The number of nitrogens with one attached hydrogen (secondary N) is 2. The Balaban J connectivity index is 1.47. The quantitative estimate of drug-likeness (QED) is 0.539. The number of hydrazone groups is 1. The van der Waals surface area contributed by atoms with Crippen LogP contribution >= 0.6 is 0 Å². The van der Waals surface area contributed by atoms with E-state index >= 15 is 0 Å². The van der Waals surface area contributed by atoms with Gasteiger partial charge in [-0.2, -0.15) is 5.10 Å². The first-order valence-electron chi connectivity index (χ1n) is 8.02. The number of para-hydroxylation sites is 1. The number of carbonyl (C=O) groups excluding carboxylic acids is 1. The Bertz CT molecular complexity index is 819. The Morgan fingerprint density at radius 2 is 2.00 bits per heavy atom. The Morgan fingerprint density at radius 1 is 1.21 bits per heavy atom. The van der Waals surface area contributed by atoms with Crippen LogP contribution in [0.5, 0.6) is 0 Å². The maximum absolute atomic E-state index is 11.9. The van der Waals surface area contributed by atoms with E-state index in [0.717, 1.165) is 35.3 Å². The van der Waals surface area contributed by atoms with Crippen LogP contribution < -0.4 is 5.43 Å². The molecule has 2 N–H and O–H groups in total. The summed E-state index contributed by atoms with van der Waals surface area (Å²) in [4.78, 5) is 19.2. The minimum Gasteiger partial charge on any atom is -0.358 e. The Kier molecular flexibility index (Phi) is 5.01. The number of nitrogens with zero attached hydrogens (tertiary/aromatic N) is 2. The normalized spacial score (nSPS) is 11.6. The van der Waals surface area contributed by atoms with Gasteiger partial charge in [-0.15, -0.1) is 0 Å². The predicted octanol–water partition coefficient (Wildman–Crippen LogP) is 3.43. The molecule has 0 unspecified atom stereocenters. The third-order valence-corrected chi connectivity index (χ3v) is 3.88. The second-order valence-electron chi connectivity index (χ2n) is 5.70. The maximum Gasteiger partial charge on any atom is 0.240 e. The molecule has 24 heavy (non-hydrogen) atoms. The predicted molar refractivity (Wildman–Crippen MR) is 95.8 cm³/mol. The topological polar surface area (TPSA) is 70.1 Å². The third kappa shape index (κ3) is 4.07. The fraction of sp³-hybridized carbons (Fsp3) is 0.211. The fourth-order valence-corrected chi connectivity index (χ4v) is 2.57. The number of aromatic nitrogens is 2. The molecule has 3 rings (SSSR count). The smallest absolute Gasteiger partial charge is 0.240 e. The Morgan fingerprint density at radius 3 is 2.79 bits per heavy atom. The van der Waals surface area contributed by atoms with Crippen molar-refractivity contribution in [3.05, 3.63) is 66.1 Å². The number of benzene rings is 1. The molecule has 5 heteroatoms. The van der Waals surface area contributed by atoms with Gasteiger partial charge in [0.25, 0.3) is 0 Å². The number of pyridine rings is 1. The van der Waals surface area contributed by atoms with E-state index in [2.05, 4.69) is 38.7 Å². The Hall–Kier alpha value is -2.95. The fourth-order valence-electron chi connectivity index (χ4n) is 2.57. The van der Waals surface area contributed by atoms with Crippen molar-refractivity contribution in [2.45, 2.75) is 26.2 Å². The second-order valence-corrected chi connectivity index (χ2v) is 5.70. The number of aryl methyl sites for hydroxylation is 1. The summed E-state index contributed by atoms with van der Waals surface area (Å²) in [5.41, 5.74) is 6.61. The first kappa shape index (κ1) is 15.9. The van der Waals surface area contributed by atoms with Crippen LogP contribution in [0.1, 0.15) is 31.0 Å². The number of carbonyl (C=O) groups is 1. The van der Waals surface area contributed by atoms with Crippen LogP contribution in [-0.2, 0) is 11.2 Å². The molecule has 2 heterocycles. The summed E-state index contributed by atoms with van der Waals surface area (Å²) in [5.74, 6) is -0.0699. The number of amides is 1. The zero-order valence-corrected chi connectivity index (χ0v) is 13.6. The van der Waals surface area contributed by atoms with Crippen molar-refractivity contribution in [3.8, 4) is 0 Å². The standard InChI is InChI=1S/C19H20N4O/c1-14(15-9-11-20-12-10-15)22-23-19(24)8-4-6-17-13-16-5-2-3-7-18(16)21-17/h2-3,5,7,9-13,21H,4,6,8H2,1H3,(H,23,24)/b22-14+. The number of hydrogen-bond donors (Lipinski definition) is 2. The van der Waals surface area contributed by atoms with Crippen molar-refractivity contribution < 1.29 is 4.79 Å². The number of H-pyrrole nitrogens is 1. The Labute approximate surface area is 140 Å². The van der Waals surface area contributed by atoms with E-state index in [4.69, 9.17) is 0 Å². The molecule has 0 aliphatic carbocycles. The van der Waals surface area contributed by atoms with Crippen LogP contribution in [0.3, 0.4) is 0 Å². The molecule has 2 aromatic heterocycles. The van der Waals surface area contributed by atoms with Gasteiger partial charge in [-0.3, -0.25) is 9.78 Å². The van der Waals surface area contributed by atoms with Crippen LogP contribution in [0.25, 0.3) is 10.9 Å². The highest BCUT2D eigenvalue weighted by Gasteiger charge is 2.04. The average molecular weight is 320 g/mol. The van der Waals surface area contributed by atoms with E-state index in [1.54, 1.807) is 12.4 Å². The lowest BCUT2D eigenvalue weighted by Gasteiger charge is -2.02. The summed E-state index contributed by atoms with van der Waals surface area (Å²) in [6.45, 7) is 1.86. The van der Waals surface area contributed by atoms with Crippen LogP contribution in [0.2, 0.25) is 0 Å². The van der Waals surface area contributed by atoms with Gasteiger partial charge in [0.05, 0.1) is 5.71 Å². The molecule has 0 bridgehead atoms. The molecule has 122 valence electrons. The summed E-state index contributed by atoms with van der Waals surface area (Å²) < 4.78 is 0. The molecule has 1 aromatic carbocycles. The molecule has 0 saturated carbocycles. The minimum absolute atomic E-state index is 0.0699. The number of aromatic amines is 1. The summed E-state index contributed by atoms with van der Waals surface area (Å²) in [6.07, 6.45) is 5.48. The zero-order chi connectivity index (χ0) is 16.8. The lowest BCUT2D eigenvalue weighted by molar-refractivity contribution is -0.121. The number of rotatable bonds is 6. The second kappa shape index (κ2) is 7.55.